The van der Waals surface area contributed by atoms with E-state index in [1.165, 1.54) is 14.0 Å². The lowest BCUT2D eigenvalue weighted by molar-refractivity contribution is -0.124. The summed E-state index contributed by atoms with van der Waals surface area (Å²) in [4.78, 5) is 10.0. The molecule has 0 saturated carbocycles. The minimum absolute atomic E-state index is 0.569. The van der Waals surface area contributed by atoms with Crippen LogP contribution in [0.2, 0.25) is 0 Å². The summed E-state index contributed by atoms with van der Waals surface area (Å²) < 4.78 is 11.7. The number of halogens is 1. The Morgan fingerprint density at radius 2 is 2.29 bits per heavy atom. The molecule has 2 nitrogen and oxygen atoms in total. The third-order valence-corrected chi connectivity index (χ3v) is 0.608. The number of hydrogen-bond donors (Lipinski definition) is 1. The van der Waals surface area contributed by atoms with Gasteiger partial charge in [-0.25, -0.2) is 4.39 Å². The summed E-state index contributed by atoms with van der Waals surface area (Å²) in [5.41, 5.74) is 0. The average Bonchev–Trinajstić information content (AvgIpc) is 1.65. The van der Waals surface area contributed by atoms with Crippen LogP contribution in [0.4, 0.5) is 4.39 Å². The molecule has 0 saturated heterocycles. The van der Waals surface area contributed by atoms with Gasteiger partial charge in [0.25, 0.3) is 5.91 Å². The van der Waals surface area contributed by atoms with Gasteiger partial charge in [-0.2, -0.15) is 0 Å². The summed E-state index contributed by atoms with van der Waals surface area (Å²) in [5, 5.41) is 2.15. The van der Waals surface area contributed by atoms with Crippen LogP contribution in [0.3, 0.4) is 0 Å². The molecule has 0 aromatic heterocycles. The highest BCUT2D eigenvalue weighted by molar-refractivity contribution is 5.79. The lowest BCUT2D eigenvalue weighted by atomic mass is 10.4. The van der Waals surface area contributed by atoms with Crippen LogP contribution >= 0.6 is 0 Å². The molecule has 1 N–H and O–H groups in total. The summed E-state index contributed by atoms with van der Waals surface area (Å²) in [6.07, 6.45) is -1.38. The van der Waals surface area contributed by atoms with E-state index in [0.29, 0.717) is 0 Å². The van der Waals surface area contributed by atoms with Crippen molar-refractivity contribution < 1.29 is 9.18 Å². The Balaban J connectivity index is 3.35. The fourth-order valence-corrected chi connectivity index (χ4v) is 0.199. The lowest BCUT2D eigenvalue weighted by Crippen LogP contribution is -2.25. The summed E-state index contributed by atoms with van der Waals surface area (Å²) in [7, 11) is 1.40. The molecule has 0 aromatic carbocycles. The Labute approximate surface area is 41.7 Å². The van der Waals surface area contributed by atoms with E-state index in [1.54, 1.807) is 0 Å². The molecule has 3 heteroatoms. The summed E-state index contributed by atoms with van der Waals surface area (Å²) in [5.74, 6) is -0.569. The Morgan fingerprint density at radius 1 is 1.86 bits per heavy atom. The molecule has 1 atom stereocenters. The van der Waals surface area contributed by atoms with E-state index in [2.05, 4.69) is 5.32 Å². The maximum absolute atomic E-state index is 11.7. The van der Waals surface area contributed by atoms with Crippen LogP contribution in [0.5, 0.6) is 0 Å². The smallest absolute Gasteiger partial charge is 0.253 e. The topological polar surface area (TPSA) is 29.1 Å². The van der Waals surface area contributed by atoms with Crippen LogP contribution < -0.4 is 5.32 Å². The Bertz CT molecular complexity index is 72.1. The molecule has 1 unspecified atom stereocenters. The molecular formula is C4H8FNO. The summed E-state index contributed by atoms with van der Waals surface area (Å²) in [6.45, 7) is 1.19. The standard InChI is InChI=1S/C4H8FNO/c1-3(5)4(7)6-2/h3H,1-2H3,(H,6,7)/i5-1. The van der Waals surface area contributed by atoms with Crippen LogP contribution in [0.1, 0.15) is 6.92 Å². The van der Waals surface area contributed by atoms with Gasteiger partial charge in [0.05, 0.1) is 0 Å². The third-order valence-electron chi connectivity index (χ3n) is 0.608. The van der Waals surface area contributed by atoms with Crippen LogP contribution in [-0.4, -0.2) is 19.1 Å². The largest absolute Gasteiger partial charge is 0.357 e. The normalized spacial score (nSPS) is 13.0. The highest BCUT2D eigenvalue weighted by Gasteiger charge is 2.05. The fourth-order valence-electron chi connectivity index (χ4n) is 0.199. The molecule has 7 heavy (non-hydrogen) atoms. The fraction of sp³-hybridized carbons (Fsp3) is 0.750. The molecular weight excluding hydrogens is 96.1 g/mol. The molecule has 0 spiro atoms. The van der Waals surface area contributed by atoms with Gasteiger partial charge < -0.3 is 5.32 Å². The molecule has 0 aliphatic heterocycles. The van der Waals surface area contributed by atoms with Crippen LogP contribution in [0.15, 0.2) is 0 Å². The molecule has 0 rings (SSSR count). The van der Waals surface area contributed by atoms with E-state index >= 15 is 0 Å². The SMILES string of the molecule is CNC(=O)C(C)[18F]. The monoisotopic (exact) mass is 104 g/mol. The second-order valence-corrected chi connectivity index (χ2v) is 1.23. The van der Waals surface area contributed by atoms with Gasteiger partial charge in [-0.15, -0.1) is 0 Å². The third kappa shape index (κ3) is 2.14. The molecule has 0 bridgehead atoms. The van der Waals surface area contributed by atoms with Gasteiger partial charge in [0.1, 0.15) is 0 Å². The van der Waals surface area contributed by atoms with Crippen molar-refractivity contribution in [3.05, 3.63) is 0 Å². The second-order valence-electron chi connectivity index (χ2n) is 1.23. The zero-order valence-corrected chi connectivity index (χ0v) is 4.36. The highest BCUT2D eigenvalue weighted by Crippen LogP contribution is 1.83. The predicted molar refractivity (Wildman–Crippen MR) is 24.6 cm³/mol. The first-order valence-corrected chi connectivity index (χ1v) is 2.04. The zero-order chi connectivity index (χ0) is 5.86. The van der Waals surface area contributed by atoms with Gasteiger partial charge in [-0.1, -0.05) is 0 Å². The van der Waals surface area contributed by atoms with Crippen molar-refractivity contribution in [1.29, 1.82) is 0 Å². The minimum Gasteiger partial charge on any atom is -0.357 e. The molecule has 1 amide bonds. The van der Waals surface area contributed by atoms with Crippen molar-refractivity contribution in [2.45, 2.75) is 13.1 Å². The van der Waals surface area contributed by atoms with Gasteiger partial charge in [-0.3, -0.25) is 4.79 Å². The molecule has 42 valence electrons. The first-order valence-electron chi connectivity index (χ1n) is 2.04. The van der Waals surface area contributed by atoms with Crippen molar-refractivity contribution >= 4 is 5.91 Å². The first-order chi connectivity index (χ1) is 3.18. The van der Waals surface area contributed by atoms with E-state index in [-0.39, 0.29) is 0 Å². The summed E-state index contributed by atoms with van der Waals surface area (Å²) in [6, 6.07) is 0. The zero-order valence-electron chi connectivity index (χ0n) is 4.36. The first kappa shape index (κ1) is 6.40. The van der Waals surface area contributed by atoms with Crippen molar-refractivity contribution in [1.82, 2.24) is 5.32 Å². The molecule has 0 heterocycles. The minimum atomic E-state index is -1.38. The maximum Gasteiger partial charge on any atom is 0.253 e. The van der Waals surface area contributed by atoms with Crippen LogP contribution in [-0.2, 0) is 4.79 Å². The highest BCUT2D eigenvalue weighted by atomic mass is 18.2. The van der Waals surface area contributed by atoms with Gasteiger partial charge >= 0.3 is 0 Å². The Hall–Kier alpha value is -0.600. The number of hydrogen-bond acceptors (Lipinski definition) is 1. The predicted octanol–water partition coefficient (Wildman–Crippen LogP) is 0.0904. The number of alkyl halides is 1. The number of nitrogens with one attached hydrogen (secondary N) is 1. The van der Waals surface area contributed by atoms with E-state index in [9.17, 15) is 9.18 Å². The number of rotatable bonds is 1. The van der Waals surface area contributed by atoms with E-state index in [4.69, 9.17) is 0 Å². The average molecular weight is 104 g/mol. The molecule has 0 fully saturated rings. The van der Waals surface area contributed by atoms with Gasteiger partial charge in [0.2, 0.25) is 0 Å². The molecule has 0 aliphatic carbocycles. The summed E-state index contributed by atoms with van der Waals surface area (Å²) >= 11 is 0. The van der Waals surface area contributed by atoms with Crippen molar-refractivity contribution in [3.8, 4) is 0 Å². The molecule has 0 aromatic rings. The Morgan fingerprint density at radius 3 is 2.29 bits per heavy atom. The van der Waals surface area contributed by atoms with Crippen molar-refractivity contribution in [2.24, 2.45) is 0 Å². The lowest BCUT2D eigenvalue weighted by Gasteiger charge is -1.95. The molecule has 0 radical (unpaired) electrons. The number of carbonyl (C=O) groups excluding carboxylic acids is 1. The second kappa shape index (κ2) is 2.55. The maximum atomic E-state index is 11.7. The van der Waals surface area contributed by atoms with Gasteiger partial charge in [0.15, 0.2) is 6.17 Å². The number of amides is 1. The van der Waals surface area contributed by atoms with E-state index in [1.807, 2.05) is 0 Å². The van der Waals surface area contributed by atoms with Crippen molar-refractivity contribution in [2.75, 3.05) is 7.05 Å². The van der Waals surface area contributed by atoms with Crippen molar-refractivity contribution in [3.63, 3.8) is 0 Å². The van der Waals surface area contributed by atoms with Gasteiger partial charge in [0, 0.05) is 7.05 Å². The van der Waals surface area contributed by atoms with Gasteiger partial charge in [-0.05, 0) is 6.92 Å². The van der Waals surface area contributed by atoms with Crippen LogP contribution in [0, 0.1) is 0 Å². The number of carbonyl (C=O) groups is 1. The quantitative estimate of drug-likeness (QED) is 0.502. The van der Waals surface area contributed by atoms with E-state index < -0.39 is 12.1 Å². The van der Waals surface area contributed by atoms with E-state index in [0.717, 1.165) is 0 Å². The van der Waals surface area contributed by atoms with Crippen LogP contribution in [0.25, 0.3) is 0 Å². The molecule has 0 aliphatic rings. The Kier molecular flexibility index (Phi) is 2.33.